The van der Waals surface area contributed by atoms with Gasteiger partial charge in [-0.3, -0.25) is 0 Å². The number of hydrogen-bond donors (Lipinski definition) is 2. The van der Waals surface area contributed by atoms with Gasteiger partial charge >= 0.3 is 0 Å². The minimum atomic E-state index is -0.631. The Morgan fingerprint density at radius 1 is 1.35 bits per heavy atom. The average Bonchev–Trinajstić information content (AvgIpc) is 2.83. The van der Waals surface area contributed by atoms with Crippen LogP contribution in [0.1, 0.15) is 19.8 Å². The summed E-state index contributed by atoms with van der Waals surface area (Å²) in [5, 5.41) is 19.3. The predicted molar refractivity (Wildman–Crippen MR) is 59.8 cm³/mol. The second-order valence-corrected chi connectivity index (χ2v) is 5.28. The Morgan fingerprint density at radius 2 is 2.06 bits per heavy atom. The van der Waals surface area contributed by atoms with Crippen molar-refractivity contribution in [2.45, 2.75) is 37.8 Å². The average molecular weight is 238 g/mol. The molecular weight excluding hydrogens is 220 g/mol. The smallest absolute Gasteiger partial charge is 0.172 e. The first-order valence-electron chi connectivity index (χ1n) is 6.27. The van der Waals surface area contributed by atoms with Crippen molar-refractivity contribution < 1.29 is 19.7 Å². The highest BCUT2D eigenvalue weighted by molar-refractivity contribution is 5.18. The molecule has 17 heavy (non-hydrogen) atoms. The molecule has 0 radical (unpaired) electrons. The van der Waals surface area contributed by atoms with Crippen LogP contribution in [-0.2, 0) is 9.47 Å². The van der Waals surface area contributed by atoms with E-state index in [9.17, 15) is 5.11 Å². The lowest BCUT2D eigenvalue weighted by Crippen LogP contribution is -2.54. The van der Waals surface area contributed by atoms with Crippen LogP contribution in [0.4, 0.5) is 0 Å². The largest absolute Gasteiger partial charge is 0.392 e. The number of aliphatic hydroxyl groups excluding tert-OH is 2. The molecule has 4 heteroatoms. The van der Waals surface area contributed by atoms with Gasteiger partial charge in [-0.2, -0.15) is 0 Å². The summed E-state index contributed by atoms with van der Waals surface area (Å²) in [4.78, 5) is 0. The van der Waals surface area contributed by atoms with Crippen molar-refractivity contribution in [1.82, 2.24) is 0 Å². The molecule has 94 valence electrons. The second kappa shape index (κ2) is 3.96. The first-order chi connectivity index (χ1) is 8.12. The van der Waals surface area contributed by atoms with Gasteiger partial charge in [0.2, 0.25) is 0 Å². The number of aliphatic hydroxyl groups is 2. The van der Waals surface area contributed by atoms with E-state index in [-0.39, 0.29) is 17.8 Å². The third kappa shape index (κ3) is 1.69. The molecule has 4 nitrogen and oxygen atoms in total. The van der Waals surface area contributed by atoms with Crippen molar-refractivity contribution in [3.8, 4) is 11.8 Å². The molecule has 1 spiro atoms. The Bertz CT molecular complexity index is 361. The zero-order chi connectivity index (χ0) is 12.0. The van der Waals surface area contributed by atoms with E-state index in [1.54, 1.807) is 6.92 Å². The number of hydrogen-bond acceptors (Lipinski definition) is 4. The molecule has 3 rings (SSSR count). The van der Waals surface area contributed by atoms with Gasteiger partial charge in [0, 0.05) is 18.3 Å². The van der Waals surface area contributed by atoms with Crippen molar-refractivity contribution in [1.29, 1.82) is 0 Å². The van der Waals surface area contributed by atoms with Crippen LogP contribution in [-0.4, -0.2) is 41.4 Å². The molecule has 0 bridgehead atoms. The molecule has 5 unspecified atom stereocenters. The van der Waals surface area contributed by atoms with Crippen LogP contribution in [0.15, 0.2) is 0 Å². The van der Waals surface area contributed by atoms with Crippen molar-refractivity contribution in [3.05, 3.63) is 0 Å². The fourth-order valence-corrected chi connectivity index (χ4v) is 3.39. The predicted octanol–water partition coefficient (Wildman–Crippen LogP) is 0.131. The molecule has 1 heterocycles. The lowest BCUT2D eigenvalue weighted by molar-refractivity contribution is -0.275. The standard InChI is InChI=1S/C13H18O4/c1-8(14)2-3-9-6-11-10(12(9)15)7-13(11)16-4-5-17-13/h8-12,14-15H,4-7H2,1H3. The van der Waals surface area contributed by atoms with Crippen LogP contribution >= 0.6 is 0 Å². The Hall–Kier alpha value is -0.600. The summed E-state index contributed by atoms with van der Waals surface area (Å²) in [5.74, 6) is 5.76. The summed E-state index contributed by atoms with van der Waals surface area (Å²) in [6.45, 7) is 2.94. The molecule has 5 atom stereocenters. The molecule has 3 fully saturated rings. The van der Waals surface area contributed by atoms with E-state index in [1.807, 2.05) is 0 Å². The first-order valence-corrected chi connectivity index (χ1v) is 6.27. The van der Waals surface area contributed by atoms with Gasteiger partial charge in [-0.15, -0.1) is 0 Å². The van der Waals surface area contributed by atoms with Gasteiger partial charge in [0.25, 0.3) is 0 Å². The van der Waals surface area contributed by atoms with Crippen molar-refractivity contribution in [2.75, 3.05) is 13.2 Å². The van der Waals surface area contributed by atoms with E-state index in [0.29, 0.717) is 13.2 Å². The summed E-state index contributed by atoms with van der Waals surface area (Å²) < 4.78 is 11.4. The molecule has 2 aliphatic carbocycles. The van der Waals surface area contributed by atoms with Crippen molar-refractivity contribution in [2.24, 2.45) is 17.8 Å². The molecule has 0 amide bonds. The van der Waals surface area contributed by atoms with Gasteiger partial charge in [-0.25, -0.2) is 0 Å². The van der Waals surface area contributed by atoms with Gasteiger partial charge in [0.15, 0.2) is 5.79 Å². The van der Waals surface area contributed by atoms with Gasteiger partial charge in [0.05, 0.1) is 19.3 Å². The number of fused-ring (bicyclic) bond motifs is 2. The molecule has 0 aromatic rings. The first kappa shape index (κ1) is 11.5. The summed E-state index contributed by atoms with van der Waals surface area (Å²) in [6.07, 6.45) is 0.565. The molecule has 1 aliphatic heterocycles. The Labute approximate surface area is 101 Å². The van der Waals surface area contributed by atoms with Crippen LogP contribution in [0.5, 0.6) is 0 Å². The van der Waals surface area contributed by atoms with Crippen molar-refractivity contribution >= 4 is 0 Å². The third-order valence-corrected chi connectivity index (χ3v) is 4.21. The summed E-state index contributed by atoms with van der Waals surface area (Å²) in [6, 6.07) is 0. The van der Waals surface area contributed by atoms with E-state index in [1.165, 1.54) is 0 Å². The molecular formula is C13H18O4. The maximum absolute atomic E-state index is 10.1. The third-order valence-electron chi connectivity index (χ3n) is 4.21. The van der Waals surface area contributed by atoms with Crippen molar-refractivity contribution in [3.63, 3.8) is 0 Å². The Kier molecular flexibility index (Phi) is 2.68. The van der Waals surface area contributed by atoms with Gasteiger partial charge in [-0.05, 0) is 19.3 Å². The van der Waals surface area contributed by atoms with E-state index < -0.39 is 18.0 Å². The number of ether oxygens (including phenoxy) is 2. The number of rotatable bonds is 0. The molecule has 2 N–H and O–H groups in total. The zero-order valence-corrected chi connectivity index (χ0v) is 9.93. The molecule has 1 saturated heterocycles. The minimum Gasteiger partial charge on any atom is -0.392 e. The Morgan fingerprint density at radius 3 is 2.71 bits per heavy atom. The van der Waals surface area contributed by atoms with Crippen LogP contribution < -0.4 is 0 Å². The van der Waals surface area contributed by atoms with E-state index >= 15 is 0 Å². The molecule has 0 aromatic carbocycles. The molecule has 3 aliphatic rings. The van der Waals surface area contributed by atoms with E-state index in [0.717, 1.165) is 12.8 Å². The van der Waals surface area contributed by atoms with Crippen LogP contribution in [0.3, 0.4) is 0 Å². The minimum absolute atomic E-state index is 0.0493. The van der Waals surface area contributed by atoms with Gasteiger partial charge < -0.3 is 19.7 Å². The maximum atomic E-state index is 10.1. The highest BCUT2D eigenvalue weighted by Crippen LogP contribution is 2.58. The van der Waals surface area contributed by atoms with Crippen LogP contribution in [0.2, 0.25) is 0 Å². The SMILES string of the molecule is CC(O)C#CC1CC2C(CC23OCCO3)C1O. The monoisotopic (exact) mass is 238 g/mol. The van der Waals surface area contributed by atoms with Gasteiger partial charge in [-0.1, -0.05) is 11.8 Å². The fraction of sp³-hybridized carbons (Fsp3) is 0.846. The molecule has 0 aromatic heterocycles. The van der Waals surface area contributed by atoms with Gasteiger partial charge in [0.1, 0.15) is 6.10 Å². The second-order valence-electron chi connectivity index (χ2n) is 5.28. The Balaban J connectivity index is 1.71. The quantitative estimate of drug-likeness (QED) is 0.589. The highest BCUT2D eigenvalue weighted by atomic mass is 16.7. The lowest BCUT2D eigenvalue weighted by Gasteiger charge is -2.48. The zero-order valence-electron chi connectivity index (χ0n) is 9.93. The lowest BCUT2D eigenvalue weighted by atomic mass is 9.69. The normalized spacial score (nSPS) is 43.7. The van der Waals surface area contributed by atoms with E-state index in [2.05, 4.69) is 11.8 Å². The fourth-order valence-electron chi connectivity index (χ4n) is 3.39. The topological polar surface area (TPSA) is 58.9 Å². The highest BCUT2D eigenvalue weighted by Gasteiger charge is 2.64. The summed E-state index contributed by atoms with van der Waals surface area (Å²) in [5.41, 5.74) is 0. The van der Waals surface area contributed by atoms with Crippen LogP contribution in [0.25, 0.3) is 0 Å². The summed E-state index contributed by atoms with van der Waals surface area (Å²) in [7, 11) is 0. The summed E-state index contributed by atoms with van der Waals surface area (Å²) >= 11 is 0. The van der Waals surface area contributed by atoms with Crippen LogP contribution in [0, 0.1) is 29.6 Å². The molecule has 2 saturated carbocycles. The van der Waals surface area contributed by atoms with E-state index in [4.69, 9.17) is 14.6 Å². The maximum Gasteiger partial charge on any atom is 0.172 e.